The number of alkyl halides is 4. The van der Waals surface area contributed by atoms with Crippen molar-refractivity contribution in [1.29, 1.82) is 0 Å². The highest BCUT2D eigenvalue weighted by atomic mass is 127. The zero-order valence-corrected chi connectivity index (χ0v) is 11.9. The molecule has 0 aromatic heterocycles. The summed E-state index contributed by atoms with van der Waals surface area (Å²) in [6.07, 6.45) is -4.03. The zero-order valence-electron chi connectivity index (χ0n) is 9.73. The Bertz CT molecular complexity index is 454. The van der Waals surface area contributed by atoms with Crippen molar-refractivity contribution in [3.8, 4) is 0 Å². The highest BCUT2D eigenvalue weighted by Gasteiger charge is 2.58. The second kappa shape index (κ2) is 5.37. The van der Waals surface area contributed by atoms with Gasteiger partial charge in [0, 0.05) is 3.92 Å². The van der Waals surface area contributed by atoms with E-state index in [2.05, 4.69) is 0 Å². The molecule has 0 aliphatic carbocycles. The summed E-state index contributed by atoms with van der Waals surface area (Å²) >= 11 is 1.88. The van der Waals surface area contributed by atoms with Crippen LogP contribution in [0.2, 0.25) is 0 Å². The lowest BCUT2D eigenvalue weighted by Gasteiger charge is -2.45. The molecule has 1 aromatic carbocycles. The van der Waals surface area contributed by atoms with E-state index in [0.717, 1.165) is 0 Å². The van der Waals surface area contributed by atoms with E-state index in [0.29, 0.717) is 12.7 Å². The van der Waals surface area contributed by atoms with Gasteiger partial charge in [0.05, 0.1) is 6.61 Å². The van der Waals surface area contributed by atoms with Gasteiger partial charge in [-0.15, -0.1) is 0 Å². The first-order valence-electron chi connectivity index (χ1n) is 5.59. The fraction of sp³-hybridized carbons (Fsp3) is 0.417. The molecule has 1 saturated heterocycles. The van der Waals surface area contributed by atoms with Gasteiger partial charge < -0.3 is 4.79 Å². The lowest BCUT2D eigenvalue weighted by Crippen LogP contribution is -2.61. The summed E-state index contributed by atoms with van der Waals surface area (Å²) < 4.78 is 38.8. The third-order valence-electron chi connectivity index (χ3n) is 3.05. The molecule has 0 saturated carbocycles. The van der Waals surface area contributed by atoms with Gasteiger partial charge in [0.15, 0.2) is 0 Å². The van der Waals surface area contributed by atoms with Crippen molar-refractivity contribution in [2.75, 3.05) is 6.61 Å². The van der Waals surface area contributed by atoms with E-state index in [1.807, 2.05) is 22.6 Å². The quantitative estimate of drug-likeness (QED) is 0.339. The van der Waals surface area contributed by atoms with Crippen LogP contribution in [0, 0.1) is 0 Å². The number of hydroxylamine groups is 2. The molecular weight excluding hydrogens is 374 g/mol. The van der Waals surface area contributed by atoms with Gasteiger partial charge in [0.1, 0.15) is 11.8 Å². The van der Waals surface area contributed by atoms with Gasteiger partial charge in [-0.25, -0.2) is 0 Å². The van der Waals surface area contributed by atoms with E-state index in [1.165, 1.54) is 12.1 Å². The van der Waals surface area contributed by atoms with E-state index in [4.69, 9.17) is 4.84 Å². The van der Waals surface area contributed by atoms with Crippen LogP contribution in [0.25, 0.3) is 0 Å². The van der Waals surface area contributed by atoms with Crippen molar-refractivity contribution in [3.63, 3.8) is 0 Å². The summed E-state index contributed by atoms with van der Waals surface area (Å²) in [5, 5.41) is -0.122. The van der Waals surface area contributed by atoms with Crippen molar-refractivity contribution in [2.24, 2.45) is 0 Å². The number of aldehydes is 1. The highest BCUT2D eigenvalue weighted by molar-refractivity contribution is 14.1. The second-order valence-electron chi connectivity index (χ2n) is 4.16. The van der Waals surface area contributed by atoms with Gasteiger partial charge in [-0.3, -0.25) is 4.84 Å². The minimum atomic E-state index is -4.74. The number of carbonyl (C=O) groups is 1. The maximum atomic E-state index is 13.1. The number of rotatable bonds is 2. The van der Waals surface area contributed by atoms with Crippen molar-refractivity contribution in [3.05, 3.63) is 35.9 Å². The molecule has 3 nitrogen and oxygen atoms in total. The van der Waals surface area contributed by atoms with Crippen LogP contribution in [0.1, 0.15) is 12.0 Å². The van der Waals surface area contributed by atoms with Gasteiger partial charge in [0.2, 0.25) is 0 Å². The summed E-state index contributed by atoms with van der Waals surface area (Å²) in [6, 6.07) is 7.91. The largest absolute Gasteiger partial charge is 0.484 e. The van der Waals surface area contributed by atoms with E-state index in [1.54, 1.807) is 18.2 Å². The summed E-state index contributed by atoms with van der Waals surface area (Å²) in [7, 11) is 0. The molecule has 1 aromatic rings. The molecule has 1 aliphatic heterocycles. The summed E-state index contributed by atoms with van der Waals surface area (Å²) in [4.78, 5) is 16.3. The van der Waals surface area contributed by atoms with Gasteiger partial charge in [-0.05, 0) is 12.0 Å². The first-order valence-corrected chi connectivity index (χ1v) is 6.83. The minimum Gasteiger partial charge on any atom is -0.301 e. The van der Waals surface area contributed by atoms with Crippen molar-refractivity contribution < 1.29 is 22.8 Å². The normalized spacial score (nSPS) is 29.2. The van der Waals surface area contributed by atoms with Crippen molar-refractivity contribution >= 4 is 28.9 Å². The van der Waals surface area contributed by atoms with Crippen LogP contribution < -0.4 is 0 Å². The minimum absolute atomic E-state index is 0.0600. The summed E-state index contributed by atoms with van der Waals surface area (Å²) in [6.45, 7) is -0.0600. The Morgan fingerprint density at radius 2 is 2.00 bits per heavy atom. The average Bonchev–Trinajstić information content (AvgIpc) is 2.38. The Labute approximate surface area is 121 Å². The van der Waals surface area contributed by atoms with Gasteiger partial charge in [0.25, 0.3) is 0 Å². The second-order valence-corrected chi connectivity index (χ2v) is 5.66. The van der Waals surface area contributed by atoms with Crippen LogP contribution in [-0.4, -0.2) is 28.2 Å². The first-order chi connectivity index (χ1) is 8.93. The van der Waals surface area contributed by atoms with E-state index >= 15 is 0 Å². The lowest BCUT2D eigenvalue weighted by atomic mass is 9.85. The monoisotopic (exact) mass is 385 g/mol. The number of benzene rings is 1. The van der Waals surface area contributed by atoms with Crippen LogP contribution in [0.5, 0.6) is 0 Å². The maximum Gasteiger partial charge on any atom is 0.484 e. The van der Waals surface area contributed by atoms with Crippen LogP contribution in [0.4, 0.5) is 13.2 Å². The molecule has 0 spiro atoms. The first kappa shape index (κ1) is 14.7. The molecule has 19 heavy (non-hydrogen) atoms. The molecule has 0 radical (unpaired) electrons. The van der Waals surface area contributed by atoms with Crippen molar-refractivity contribution in [2.45, 2.75) is 22.2 Å². The predicted octanol–water partition coefficient (Wildman–Crippen LogP) is 3.04. The molecule has 0 N–H and O–H groups in total. The van der Waals surface area contributed by atoms with Crippen LogP contribution in [-0.2, 0) is 15.2 Å². The Hall–Kier alpha value is -0.670. The van der Waals surface area contributed by atoms with Gasteiger partial charge >= 0.3 is 6.30 Å². The molecule has 1 heterocycles. The molecule has 7 heteroatoms. The fourth-order valence-corrected chi connectivity index (χ4v) is 3.19. The molecule has 2 unspecified atom stereocenters. The maximum absolute atomic E-state index is 13.1. The van der Waals surface area contributed by atoms with Gasteiger partial charge in [-0.2, -0.15) is 13.2 Å². The smallest absolute Gasteiger partial charge is 0.301 e. The number of halogens is 4. The Kier molecular flexibility index (Phi) is 4.17. The predicted molar refractivity (Wildman–Crippen MR) is 70.5 cm³/mol. The van der Waals surface area contributed by atoms with E-state index < -0.39 is 15.8 Å². The van der Waals surface area contributed by atoms with Crippen LogP contribution >= 0.6 is 22.6 Å². The Morgan fingerprint density at radius 3 is 2.53 bits per heavy atom. The molecule has 2 atom stereocenters. The Balaban J connectivity index is 2.57. The third kappa shape index (κ3) is 2.50. The number of nitrogens with zero attached hydrogens (tertiary/aromatic N) is 1. The van der Waals surface area contributed by atoms with E-state index in [9.17, 15) is 18.0 Å². The van der Waals surface area contributed by atoms with Crippen LogP contribution in [0.3, 0.4) is 0 Å². The summed E-state index contributed by atoms with van der Waals surface area (Å²) in [5.41, 5.74) is -1.56. The molecule has 104 valence electrons. The average molecular weight is 385 g/mol. The third-order valence-corrected chi connectivity index (χ3v) is 4.62. The SMILES string of the molecule is O=CC1(c2ccccc2)C(I)CCON1C(F)(F)F. The number of carbonyl (C=O) groups excluding carboxylic acids is 1. The summed E-state index contributed by atoms with van der Waals surface area (Å²) in [5.74, 6) is 0. The van der Waals surface area contributed by atoms with E-state index in [-0.39, 0.29) is 17.2 Å². The molecular formula is C12H11F3INO2. The zero-order chi connectivity index (χ0) is 14.1. The lowest BCUT2D eigenvalue weighted by molar-refractivity contribution is -0.411. The highest BCUT2D eigenvalue weighted by Crippen LogP contribution is 2.45. The molecule has 2 rings (SSSR count). The molecule has 0 amide bonds. The Morgan fingerprint density at radius 1 is 1.37 bits per heavy atom. The fourth-order valence-electron chi connectivity index (χ4n) is 2.18. The van der Waals surface area contributed by atoms with Gasteiger partial charge in [-0.1, -0.05) is 58.0 Å². The molecule has 1 fully saturated rings. The molecule has 0 bridgehead atoms. The van der Waals surface area contributed by atoms with Crippen molar-refractivity contribution in [1.82, 2.24) is 5.06 Å². The number of hydrogen-bond donors (Lipinski definition) is 0. The standard InChI is InChI=1S/C12H11F3INO2/c13-12(14,15)17-11(8-18,10(16)6-7-19-17)9-4-2-1-3-5-9/h1-5,8,10H,6-7H2. The van der Waals surface area contributed by atoms with Crippen LogP contribution in [0.15, 0.2) is 30.3 Å². The topological polar surface area (TPSA) is 29.5 Å². The number of hydrogen-bond acceptors (Lipinski definition) is 3. The molecule has 1 aliphatic rings.